The Hall–Kier alpha value is -7.52. The molecule has 1 unspecified atom stereocenters. The smallest absolute Gasteiger partial charge is 0.0467 e. The summed E-state index contributed by atoms with van der Waals surface area (Å²) in [5.41, 5.74) is 19.8. The van der Waals surface area contributed by atoms with Crippen molar-refractivity contribution < 1.29 is 0 Å². The van der Waals surface area contributed by atoms with Crippen LogP contribution in [0, 0.1) is 0 Å². The molecule has 10 aromatic rings. The Bertz CT molecular complexity index is 3130. The summed E-state index contributed by atoms with van der Waals surface area (Å²) in [6, 6.07) is 80.2. The Kier molecular flexibility index (Phi) is 9.14. The second-order valence-electron chi connectivity index (χ2n) is 16.0. The number of anilines is 3. The maximum absolute atomic E-state index is 3.44. The quantitative estimate of drug-likeness (QED) is 0.157. The molecule has 11 rings (SSSR count). The number of hydrogen-bond acceptors (Lipinski definition) is 2. The third kappa shape index (κ3) is 6.15. The molecule has 1 atom stereocenters. The van der Waals surface area contributed by atoms with Crippen LogP contribution in [0.15, 0.2) is 218 Å². The molecule has 2 heteroatoms. The molecule has 0 aliphatic heterocycles. The van der Waals surface area contributed by atoms with Crippen LogP contribution in [0.2, 0.25) is 0 Å². The second-order valence-corrected chi connectivity index (χ2v) is 16.0. The van der Waals surface area contributed by atoms with E-state index in [0.717, 1.165) is 17.1 Å². The van der Waals surface area contributed by atoms with E-state index in [0.29, 0.717) is 0 Å². The van der Waals surface area contributed by atoms with Gasteiger partial charge in [-0.15, -0.1) is 0 Å². The molecule has 290 valence electrons. The Morgan fingerprint density at radius 3 is 1.48 bits per heavy atom. The predicted molar refractivity (Wildman–Crippen MR) is 260 cm³/mol. The normalized spacial score (nSPS) is 12.1. The fraction of sp³-hybridized carbons (Fsp3) is 0.0508. The highest BCUT2D eigenvalue weighted by atomic mass is 15.1. The molecule has 0 aromatic heterocycles. The zero-order chi connectivity index (χ0) is 40.9. The van der Waals surface area contributed by atoms with Crippen molar-refractivity contribution in [3.63, 3.8) is 0 Å². The van der Waals surface area contributed by atoms with Gasteiger partial charge in [0.2, 0.25) is 0 Å². The number of hydrogen-bond donors (Lipinski definition) is 1. The molecule has 0 saturated heterocycles. The van der Waals surface area contributed by atoms with Crippen LogP contribution in [0.3, 0.4) is 0 Å². The van der Waals surface area contributed by atoms with E-state index in [4.69, 9.17) is 0 Å². The van der Waals surface area contributed by atoms with Crippen LogP contribution in [-0.2, 0) is 0 Å². The van der Waals surface area contributed by atoms with Gasteiger partial charge in [-0.2, -0.15) is 0 Å². The summed E-state index contributed by atoms with van der Waals surface area (Å²) in [4.78, 5) is 2.36. The summed E-state index contributed by atoms with van der Waals surface area (Å²) >= 11 is 0. The van der Waals surface area contributed by atoms with Gasteiger partial charge in [0.15, 0.2) is 0 Å². The van der Waals surface area contributed by atoms with Crippen molar-refractivity contribution in [2.24, 2.45) is 0 Å². The van der Waals surface area contributed by atoms with Crippen LogP contribution < -0.4 is 10.2 Å². The lowest BCUT2D eigenvalue weighted by Gasteiger charge is -2.26. The maximum atomic E-state index is 3.44. The third-order valence-electron chi connectivity index (χ3n) is 12.6. The lowest BCUT2D eigenvalue weighted by molar-refractivity contribution is 0.654. The summed E-state index contributed by atoms with van der Waals surface area (Å²) in [5, 5.41) is 8.57. The Morgan fingerprint density at radius 1 is 0.344 bits per heavy atom. The first-order valence-corrected chi connectivity index (χ1v) is 21.3. The summed E-state index contributed by atoms with van der Waals surface area (Å²) in [6.07, 6.45) is 0. The molecule has 0 radical (unpaired) electrons. The molecule has 0 bridgehead atoms. The number of fused-ring (bicyclic) bond motifs is 4. The molecule has 0 saturated carbocycles. The second kappa shape index (κ2) is 15.3. The van der Waals surface area contributed by atoms with Crippen LogP contribution in [0.1, 0.15) is 18.5 Å². The van der Waals surface area contributed by atoms with Gasteiger partial charge < -0.3 is 10.2 Å². The highest BCUT2D eigenvalue weighted by molar-refractivity contribution is 6.28. The molecule has 1 aliphatic carbocycles. The van der Waals surface area contributed by atoms with Gasteiger partial charge in [0.1, 0.15) is 0 Å². The molecule has 10 aromatic carbocycles. The van der Waals surface area contributed by atoms with E-state index in [9.17, 15) is 0 Å². The van der Waals surface area contributed by atoms with Crippen molar-refractivity contribution >= 4 is 38.6 Å². The Balaban J connectivity index is 1.06. The molecule has 0 heterocycles. The number of nitrogens with zero attached hydrogens (tertiary/aromatic N) is 1. The number of rotatable bonds is 9. The van der Waals surface area contributed by atoms with Gasteiger partial charge in [-0.3, -0.25) is 0 Å². The SMILES string of the molecule is CNC(C)c1ccccc1-c1cccc(N(c2ccccc2)c2ccc(-c3ccc4c5c(cccc35)-c3c-4c(-c4ccccc4)c4ccccc4c3-c3ccccc3)cc2)c1. The highest BCUT2D eigenvalue weighted by Crippen LogP contribution is 2.58. The lowest BCUT2D eigenvalue weighted by Crippen LogP contribution is -2.13. The van der Waals surface area contributed by atoms with E-state index in [1.165, 1.54) is 93.9 Å². The van der Waals surface area contributed by atoms with E-state index >= 15 is 0 Å². The first-order valence-electron chi connectivity index (χ1n) is 21.3. The zero-order valence-electron chi connectivity index (χ0n) is 34.3. The topological polar surface area (TPSA) is 15.3 Å². The first kappa shape index (κ1) is 36.6. The van der Waals surface area contributed by atoms with E-state index in [2.05, 4.69) is 236 Å². The van der Waals surface area contributed by atoms with Gasteiger partial charge in [-0.1, -0.05) is 182 Å². The molecular weight excluding hydrogens is 737 g/mol. The predicted octanol–water partition coefficient (Wildman–Crippen LogP) is 16.1. The molecule has 0 spiro atoms. The zero-order valence-corrected chi connectivity index (χ0v) is 34.3. The van der Waals surface area contributed by atoms with Crippen molar-refractivity contribution in [3.05, 3.63) is 224 Å². The average Bonchev–Trinajstić information content (AvgIpc) is 3.66. The van der Waals surface area contributed by atoms with Crippen molar-refractivity contribution in [3.8, 4) is 66.8 Å². The minimum Gasteiger partial charge on any atom is -0.313 e. The summed E-state index contributed by atoms with van der Waals surface area (Å²) in [6.45, 7) is 2.22. The van der Waals surface area contributed by atoms with Crippen molar-refractivity contribution in [1.29, 1.82) is 0 Å². The minimum absolute atomic E-state index is 0.231. The van der Waals surface area contributed by atoms with Gasteiger partial charge in [0.25, 0.3) is 0 Å². The van der Waals surface area contributed by atoms with Crippen LogP contribution in [0.5, 0.6) is 0 Å². The van der Waals surface area contributed by atoms with E-state index in [1.807, 2.05) is 7.05 Å². The summed E-state index contributed by atoms with van der Waals surface area (Å²) in [7, 11) is 2.02. The van der Waals surface area contributed by atoms with Crippen LogP contribution >= 0.6 is 0 Å². The molecule has 0 fully saturated rings. The Morgan fingerprint density at radius 2 is 0.820 bits per heavy atom. The van der Waals surface area contributed by atoms with Gasteiger partial charge >= 0.3 is 0 Å². The van der Waals surface area contributed by atoms with Crippen LogP contribution in [0.25, 0.3) is 88.3 Å². The fourth-order valence-corrected chi connectivity index (χ4v) is 9.78. The van der Waals surface area contributed by atoms with Crippen LogP contribution in [0.4, 0.5) is 17.1 Å². The lowest BCUT2D eigenvalue weighted by atomic mass is 9.82. The van der Waals surface area contributed by atoms with Crippen molar-refractivity contribution in [2.45, 2.75) is 13.0 Å². The van der Waals surface area contributed by atoms with Gasteiger partial charge in [-0.25, -0.2) is 0 Å². The van der Waals surface area contributed by atoms with Crippen molar-refractivity contribution in [2.75, 3.05) is 11.9 Å². The molecule has 2 nitrogen and oxygen atoms in total. The molecule has 61 heavy (non-hydrogen) atoms. The van der Waals surface area contributed by atoms with Crippen molar-refractivity contribution in [1.82, 2.24) is 5.32 Å². The highest BCUT2D eigenvalue weighted by Gasteiger charge is 2.31. The van der Waals surface area contributed by atoms with E-state index < -0.39 is 0 Å². The summed E-state index contributed by atoms with van der Waals surface area (Å²) < 4.78 is 0. The maximum Gasteiger partial charge on any atom is 0.0467 e. The molecule has 0 amide bonds. The number of para-hydroxylation sites is 1. The number of nitrogens with one attached hydrogen (secondary N) is 1. The monoisotopic (exact) mass is 780 g/mol. The third-order valence-corrected chi connectivity index (χ3v) is 12.6. The standard InChI is InChI=1S/C59H44N2/c1-39(60-2)47-26-12-13-27-48(47)43-22-16-25-46(38-43)61(44-23-10-5-11-24-44)45-34-32-40(33-35-45)49-36-37-54-57-50(49)30-17-31-53(57)58-55(41-18-6-3-7-19-41)51-28-14-15-29-52(51)56(59(54)58)42-20-8-4-9-21-42/h3-39,60H,1-2H3. The fourth-order valence-electron chi connectivity index (χ4n) is 9.78. The van der Waals surface area contributed by atoms with Gasteiger partial charge in [0, 0.05) is 23.1 Å². The largest absolute Gasteiger partial charge is 0.313 e. The number of benzene rings is 10. The minimum atomic E-state index is 0.231. The molecule has 1 aliphatic rings. The summed E-state index contributed by atoms with van der Waals surface area (Å²) in [5.74, 6) is 0. The Labute approximate surface area is 358 Å². The van der Waals surface area contributed by atoms with E-state index in [-0.39, 0.29) is 6.04 Å². The van der Waals surface area contributed by atoms with Crippen LogP contribution in [-0.4, -0.2) is 7.05 Å². The molecular formula is C59H44N2. The average molecular weight is 781 g/mol. The van der Waals surface area contributed by atoms with E-state index in [1.54, 1.807) is 0 Å². The molecule has 1 N–H and O–H groups in total. The van der Waals surface area contributed by atoms with Gasteiger partial charge in [-0.05, 0) is 144 Å². The first-order chi connectivity index (χ1) is 30.2. The van der Waals surface area contributed by atoms with Gasteiger partial charge in [0.05, 0.1) is 0 Å².